The number of alkyl carbamates (subject to hydrolysis) is 2. The SMILES string of the molecule is CC(C)C[C@H](NC(=O)OCc1ccccc1)C(=O)O.CCCC[C@@H](CO)NC(=O)[C@H](CC(C)C)NC(=O)OCc1ccccc1. The second kappa shape index (κ2) is 22.4. The smallest absolute Gasteiger partial charge is 0.408 e. The Hall–Kier alpha value is -4.12. The van der Waals surface area contributed by atoms with Gasteiger partial charge in [-0.05, 0) is 42.2 Å². The molecule has 0 heterocycles. The molecular formula is C34H51N3O8. The molecular weight excluding hydrogens is 578 g/mol. The fraction of sp³-hybridized carbons (Fsp3) is 0.529. The van der Waals surface area contributed by atoms with Gasteiger partial charge in [-0.1, -0.05) is 108 Å². The Morgan fingerprint density at radius 1 is 0.711 bits per heavy atom. The molecule has 2 aromatic rings. The van der Waals surface area contributed by atoms with Crippen molar-refractivity contribution in [2.75, 3.05) is 6.61 Å². The molecule has 0 bridgehead atoms. The van der Waals surface area contributed by atoms with E-state index < -0.39 is 30.2 Å². The lowest BCUT2D eigenvalue weighted by Gasteiger charge is -2.23. The van der Waals surface area contributed by atoms with E-state index in [1.54, 1.807) is 0 Å². The van der Waals surface area contributed by atoms with Crippen molar-refractivity contribution in [1.29, 1.82) is 0 Å². The van der Waals surface area contributed by atoms with Crippen LogP contribution in [0.3, 0.4) is 0 Å². The predicted octanol–water partition coefficient (Wildman–Crippen LogP) is 5.41. The van der Waals surface area contributed by atoms with E-state index in [-0.39, 0.29) is 43.6 Å². The zero-order chi connectivity index (χ0) is 33.6. The highest BCUT2D eigenvalue weighted by Gasteiger charge is 2.25. The number of carbonyl (C=O) groups excluding carboxylic acids is 3. The first kappa shape index (κ1) is 38.9. The van der Waals surface area contributed by atoms with Crippen LogP contribution in [0, 0.1) is 11.8 Å². The quantitative estimate of drug-likeness (QED) is 0.155. The van der Waals surface area contributed by atoms with Crippen LogP contribution in [0.25, 0.3) is 0 Å². The first-order chi connectivity index (χ1) is 21.4. The number of aliphatic hydroxyl groups excluding tert-OH is 1. The van der Waals surface area contributed by atoms with E-state index in [1.165, 1.54) is 0 Å². The molecule has 3 atom stereocenters. The molecule has 11 heteroatoms. The van der Waals surface area contributed by atoms with Gasteiger partial charge in [0.25, 0.3) is 0 Å². The molecule has 11 nitrogen and oxygen atoms in total. The van der Waals surface area contributed by atoms with E-state index in [0.717, 1.165) is 24.0 Å². The molecule has 0 spiro atoms. The molecule has 3 amide bonds. The standard InChI is InChI=1S/C20H32N2O4.C14H19NO4/c1-4-5-11-17(13-23)21-19(24)18(12-15(2)3)22-20(25)26-14-16-9-7-6-8-10-16;1-10(2)8-12(13(16)17)15-14(18)19-9-11-6-4-3-5-7-11/h6-10,15,17-18,23H,4-5,11-14H2,1-3H3,(H,21,24)(H,22,25);3-7,10,12H,8-9H2,1-2H3,(H,15,18)(H,16,17)/t17-,18-;12-/m00/s1. The molecule has 0 aliphatic heterocycles. The number of hydrogen-bond acceptors (Lipinski definition) is 7. The third-order valence-electron chi connectivity index (χ3n) is 6.51. The first-order valence-corrected chi connectivity index (χ1v) is 15.5. The van der Waals surface area contributed by atoms with Crippen LogP contribution in [0.4, 0.5) is 9.59 Å². The van der Waals surface area contributed by atoms with Gasteiger partial charge >= 0.3 is 18.2 Å². The van der Waals surface area contributed by atoms with Crippen LogP contribution >= 0.6 is 0 Å². The van der Waals surface area contributed by atoms with Gasteiger partial charge in [0.05, 0.1) is 12.6 Å². The normalized spacial score (nSPS) is 12.6. The zero-order valence-electron chi connectivity index (χ0n) is 27.2. The van der Waals surface area contributed by atoms with Crippen molar-refractivity contribution in [1.82, 2.24) is 16.0 Å². The van der Waals surface area contributed by atoms with Crippen molar-refractivity contribution < 1.29 is 38.9 Å². The predicted molar refractivity (Wildman–Crippen MR) is 172 cm³/mol. The lowest BCUT2D eigenvalue weighted by Crippen LogP contribution is -2.51. The third-order valence-corrected chi connectivity index (χ3v) is 6.51. The number of carboxylic acids is 1. The Labute approximate surface area is 267 Å². The number of amides is 3. The molecule has 0 saturated heterocycles. The highest BCUT2D eigenvalue weighted by atomic mass is 16.6. The summed E-state index contributed by atoms with van der Waals surface area (Å²) in [6.07, 6.45) is 2.17. The fourth-order valence-electron chi connectivity index (χ4n) is 4.17. The number of carboxylic acid groups (broad SMARTS) is 1. The van der Waals surface area contributed by atoms with Crippen LogP contribution in [0.15, 0.2) is 60.7 Å². The molecule has 2 rings (SSSR count). The fourth-order valence-corrected chi connectivity index (χ4v) is 4.17. The van der Waals surface area contributed by atoms with Crippen LogP contribution in [-0.2, 0) is 32.3 Å². The molecule has 250 valence electrons. The van der Waals surface area contributed by atoms with Gasteiger partial charge in [-0.3, -0.25) is 4.79 Å². The minimum atomic E-state index is -1.05. The van der Waals surface area contributed by atoms with E-state index in [4.69, 9.17) is 14.6 Å². The molecule has 0 aliphatic carbocycles. The summed E-state index contributed by atoms with van der Waals surface area (Å²) in [6, 6.07) is 16.7. The van der Waals surface area contributed by atoms with Crippen molar-refractivity contribution >= 4 is 24.1 Å². The molecule has 0 unspecified atom stereocenters. The van der Waals surface area contributed by atoms with E-state index in [0.29, 0.717) is 19.3 Å². The molecule has 0 aliphatic rings. The van der Waals surface area contributed by atoms with Gasteiger partial charge in [-0.25, -0.2) is 14.4 Å². The summed E-state index contributed by atoms with van der Waals surface area (Å²) in [4.78, 5) is 47.1. The van der Waals surface area contributed by atoms with Crippen molar-refractivity contribution in [3.8, 4) is 0 Å². The Kier molecular flexibility index (Phi) is 19.4. The number of unbranched alkanes of at least 4 members (excludes halogenated alkanes) is 1. The van der Waals surface area contributed by atoms with Crippen molar-refractivity contribution in [3.05, 3.63) is 71.8 Å². The molecule has 0 saturated carbocycles. The minimum absolute atomic E-state index is 0.113. The first-order valence-electron chi connectivity index (χ1n) is 15.5. The van der Waals surface area contributed by atoms with Crippen LogP contribution in [0.5, 0.6) is 0 Å². The lowest BCUT2D eigenvalue weighted by atomic mass is 10.0. The van der Waals surface area contributed by atoms with E-state index in [2.05, 4.69) is 22.9 Å². The third kappa shape index (κ3) is 18.3. The average molecular weight is 630 g/mol. The highest BCUT2D eigenvalue weighted by molar-refractivity contribution is 5.85. The summed E-state index contributed by atoms with van der Waals surface area (Å²) in [6.45, 7) is 9.98. The van der Waals surface area contributed by atoms with Crippen LogP contribution in [-0.4, -0.2) is 59.0 Å². The van der Waals surface area contributed by atoms with Gasteiger partial charge in [-0.2, -0.15) is 0 Å². The monoisotopic (exact) mass is 629 g/mol. The molecule has 0 radical (unpaired) electrons. The molecule has 2 aromatic carbocycles. The molecule has 45 heavy (non-hydrogen) atoms. The van der Waals surface area contributed by atoms with Crippen LogP contribution in [0.2, 0.25) is 0 Å². The number of nitrogens with one attached hydrogen (secondary N) is 3. The Morgan fingerprint density at radius 2 is 1.16 bits per heavy atom. The van der Waals surface area contributed by atoms with Gasteiger partial charge < -0.3 is 35.6 Å². The minimum Gasteiger partial charge on any atom is -0.480 e. The number of carbonyl (C=O) groups is 4. The topological polar surface area (TPSA) is 163 Å². The summed E-state index contributed by atoms with van der Waals surface area (Å²) in [5, 5.41) is 26.2. The van der Waals surface area contributed by atoms with Crippen LogP contribution in [0.1, 0.15) is 77.8 Å². The maximum Gasteiger partial charge on any atom is 0.408 e. The van der Waals surface area contributed by atoms with Crippen LogP contribution < -0.4 is 16.0 Å². The van der Waals surface area contributed by atoms with Gasteiger partial charge in [0, 0.05) is 0 Å². The summed E-state index contributed by atoms with van der Waals surface area (Å²) in [5.41, 5.74) is 1.74. The van der Waals surface area contributed by atoms with Gasteiger partial charge in [0.2, 0.25) is 5.91 Å². The number of ether oxygens (including phenoxy) is 2. The summed E-state index contributed by atoms with van der Waals surface area (Å²) < 4.78 is 10.2. The van der Waals surface area contributed by atoms with Crippen molar-refractivity contribution in [2.24, 2.45) is 11.8 Å². The maximum absolute atomic E-state index is 12.5. The second-order valence-corrected chi connectivity index (χ2v) is 11.6. The number of aliphatic hydroxyl groups is 1. The molecule has 5 N–H and O–H groups in total. The Bertz CT molecular complexity index is 1130. The van der Waals surface area contributed by atoms with E-state index in [1.807, 2.05) is 88.4 Å². The summed E-state index contributed by atoms with van der Waals surface area (Å²) in [7, 11) is 0. The largest absolute Gasteiger partial charge is 0.480 e. The lowest BCUT2D eigenvalue weighted by molar-refractivity contribution is -0.139. The van der Waals surface area contributed by atoms with Crippen molar-refractivity contribution in [2.45, 2.75) is 98.1 Å². The number of hydrogen-bond donors (Lipinski definition) is 5. The summed E-state index contributed by atoms with van der Waals surface area (Å²) >= 11 is 0. The van der Waals surface area contributed by atoms with E-state index >= 15 is 0 Å². The zero-order valence-corrected chi connectivity index (χ0v) is 27.2. The Balaban J connectivity index is 0.000000472. The average Bonchev–Trinajstić information content (AvgIpc) is 3.01. The maximum atomic E-state index is 12.5. The number of aliphatic carboxylic acids is 1. The number of rotatable bonds is 17. The number of benzene rings is 2. The highest BCUT2D eigenvalue weighted by Crippen LogP contribution is 2.09. The van der Waals surface area contributed by atoms with Gasteiger partial charge in [0.1, 0.15) is 25.3 Å². The summed E-state index contributed by atoms with van der Waals surface area (Å²) in [5.74, 6) is -0.935. The van der Waals surface area contributed by atoms with Gasteiger partial charge in [0.15, 0.2) is 0 Å². The van der Waals surface area contributed by atoms with Crippen molar-refractivity contribution in [3.63, 3.8) is 0 Å². The second-order valence-electron chi connectivity index (χ2n) is 11.6. The molecule has 0 aromatic heterocycles. The molecule has 0 fully saturated rings. The van der Waals surface area contributed by atoms with E-state index in [9.17, 15) is 24.3 Å². The van der Waals surface area contributed by atoms with Gasteiger partial charge in [-0.15, -0.1) is 0 Å². The Morgan fingerprint density at radius 3 is 1.56 bits per heavy atom.